The maximum atomic E-state index is 9.46. The predicted octanol–water partition coefficient (Wildman–Crippen LogP) is 2.76. The van der Waals surface area contributed by atoms with Gasteiger partial charge in [-0.3, -0.25) is 4.99 Å². The van der Waals surface area contributed by atoms with Crippen LogP contribution in [0.3, 0.4) is 0 Å². The monoisotopic (exact) mass is 481 g/mol. The molecule has 146 valence electrons. The summed E-state index contributed by atoms with van der Waals surface area (Å²) in [5.74, 6) is 1.19. The van der Waals surface area contributed by atoms with Gasteiger partial charge in [0.05, 0.1) is 11.4 Å². The Bertz CT molecular complexity index is 780. The summed E-state index contributed by atoms with van der Waals surface area (Å²) in [5.41, 5.74) is 9.33. The molecule has 0 aliphatic rings. The summed E-state index contributed by atoms with van der Waals surface area (Å²) in [4.78, 5) is 4.52. The molecule has 8 heteroatoms. The van der Waals surface area contributed by atoms with Crippen LogP contribution >= 0.6 is 24.0 Å². The quantitative estimate of drug-likeness (QED) is 0.244. The third kappa shape index (κ3) is 6.13. The fraction of sp³-hybridized carbons (Fsp3) is 0.421. The molecule has 0 atom stereocenters. The van der Waals surface area contributed by atoms with E-state index in [1.54, 1.807) is 4.68 Å². The van der Waals surface area contributed by atoms with E-state index in [0.29, 0.717) is 30.0 Å². The van der Waals surface area contributed by atoms with Crippen LogP contribution in [0.15, 0.2) is 29.3 Å². The van der Waals surface area contributed by atoms with E-state index in [2.05, 4.69) is 26.8 Å². The maximum absolute atomic E-state index is 9.46. The zero-order valence-electron chi connectivity index (χ0n) is 16.1. The zero-order valence-corrected chi connectivity index (χ0v) is 18.4. The molecule has 2 rings (SSSR count). The van der Waals surface area contributed by atoms with Crippen LogP contribution in [-0.4, -0.2) is 35.4 Å². The van der Waals surface area contributed by atoms with E-state index < -0.39 is 0 Å². The number of nitrogen functional groups attached to an aromatic ring is 1. The van der Waals surface area contributed by atoms with E-state index in [-0.39, 0.29) is 24.0 Å². The number of nitrogens with zero attached hydrogens (tertiary/aromatic N) is 4. The summed E-state index contributed by atoms with van der Waals surface area (Å²) < 4.78 is 1.64. The Morgan fingerprint density at radius 1 is 1.22 bits per heavy atom. The summed E-state index contributed by atoms with van der Waals surface area (Å²) in [7, 11) is 0. The van der Waals surface area contributed by atoms with Gasteiger partial charge in [0, 0.05) is 19.6 Å². The highest BCUT2D eigenvalue weighted by Gasteiger charge is 2.16. The molecule has 7 nitrogen and oxygen atoms in total. The zero-order chi connectivity index (χ0) is 18.9. The molecule has 0 aliphatic heterocycles. The first-order valence-corrected chi connectivity index (χ1v) is 8.97. The Kier molecular flexibility index (Phi) is 9.64. The molecule has 2 aromatic rings. The SMILES string of the molecule is CCNC(=NCCCc1nn(-c2ccc(C)cc2)c(N)c1C#N)NCC.I. The molecular formula is C19H28IN7. The number of guanidine groups is 1. The third-order valence-electron chi connectivity index (χ3n) is 3.91. The number of anilines is 1. The number of rotatable bonds is 7. The van der Waals surface area contributed by atoms with Gasteiger partial charge in [0.15, 0.2) is 5.96 Å². The van der Waals surface area contributed by atoms with Gasteiger partial charge in [-0.25, -0.2) is 4.68 Å². The summed E-state index contributed by atoms with van der Waals surface area (Å²) in [6.07, 6.45) is 1.44. The Balaban J connectivity index is 0.00000364. The van der Waals surface area contributed by atoms with Crippen LogP contribution in [0, 0.1) is 18.3 Å². The molecule has 1 heterocycles. The lowest BCUT2D eigenvalue weighted by Crippen LogP contribution is -2.37. The van der Waals surface area contributed by atoms with Crippen molar-refractivity contribution < 1.29 is 0 Å². The smallest absolute Gasteiger partial charge is 0.191 e. The van der Waals surface area contributed by atoms with Crippen molar-refractivity contribution in [1.82, 2.24) is 20.4 Å². The van der Waals surface area contributed by atoms with Gasteiger partial charge in [-0.1, -0.05) is 17.7 Å². The summed E-state index contributed by atoms with van der Waals surface area (Å²) in [6.45, 7) is 8.39. The fourth-order valence-electron chi connectivity index (χ4n) is 2.60. The lowest BCUT2D eigenvalue weighted by atomic mass is 10.1. The summed E-state index contributed by atoms with van der Waals surface area (Å²) in [5, 5.41) is 20.4. The topological polar surface area (TPSA) is 104 Å². The molecule has 4 N–H and O–H groups in total. The van der Waals surface area contributed by atoms with Crippen LogP contribution in [0.4, 0.5) is 5.82 Å². The van der Waals surface area contributed by atoms with E-state index in [0.717, 1.165) is 36.7 Å². The van der Waals surface area contributed by atoms with Crippen molar-refractivity contribution in [1.29, 1.82) is 5.26 Å². The second kappa shape index (κ2) is 11.4. The molecule has 0 unspecified atom stereocenters. The van der Waals surface area contributed by atoms with Crippen LogP contribution in [0.2, 0.25) is 0 Å². The van der Waals surface area contributed by atoms with Crippen LogP contribution in [0.1, 0.15) is 37.1 Å². The van der Waals surface area contributed by atoms with Gasteiger partial charge in [-0.15, -0.1) is 24.0 Å². The maximum Gasteiger partial charge on any atom is 0.191 e. The summed E-state index contributed by atoms with van der Waals surface area (Å²) >= 11 is 0. The minimum atomic E-state index is 0. The largest absolute Gasteiger partial charge is 0.382 e. The van der Waals surface area contributed by atoms with E-state index >= 15 is 0 Å². The highest BCUT2D eigenvalue weighted by atomic mass is 127. The molecule has 0 saturated heterocycles. The number of benzene rings is 1. The number of nitrogens with one attached hydrogen (secondary N) is 2. The van der Waals surface area contributed by atoms with E-state index in [4.69, 9.17) is 5.73 Å². The van der Waals surface area contributed by atoms with E-state index in [1.165, 1.54) is 0 Å². The molecule has 1 aromatic heterocycles. The second-order valence-corrected chi connectivity index (χ2v) is 5.96. The molecule has 0 fully saturated rings. The third-order valence-corrected chi connectivity index (χ3v) is 3.91. The minimum absolute atomic E-state index is 0. The molecule has 1 aromatic carbocycles. The normalized spacial score (nSPS) is 9.85. The van der Waals surface area contributed by atoms with E-state index in [1.807, 2.05) is 45.0 Å². The van der Waals surface area contributed by atoms with Crippen LogP contribution < -0.4 is 16.4 Å². The van der Waals surface area contributed by atoms with Crippen molar-refractivity contribution in [2.24, 2.45) is 4.99 Å². The van der Waals surface area contributed by atoms with Gasteiger partial charge in [0.1, 0.15) is 17.5 Å². The molecule has 0 amide bonds. The lowest BCUT2D eigenvalue weighted by molar-refractivity contribution is 0.763. The van der Waals surface area contributed by atoms with Crippen LogP contribution in [0.5, 0.6) is 0 Å². The number of hydrogen-bond acceptors (Lipinski definition) is 4. The van der Waals surface area contributed by atoms with Gasteiger partial charge in [0.25, 0.3) is 0 Å². The van der Waals surface area contributed by atoms with Crippen molar-refractivity contribution in [3.8, 4) is 11.8 Å². The van der Waals surface area contributed by atoms with Crippen LogP contribution in [0.25, 0.3) is 5.69 Å². The number of aliphatic imine (C=N–C) groups is 1. The number of nitrogens with two attached hydrogens (primary N) is 1. The molecule has 27 heavy (non-hydrogen) atoms. The highest BCUT2D eigenvalue weighted by Crippen LogP contribution is 2.21. The van der Waals surface area contributed by atoms with E-state index in [9.17, 15) is 5.26 Å². The number of hydrogen-bond donors (Lipinski definition) is 3. The molecule has 0 spiro atoms. The van der Waals surface area contributed by atoms with Gasteiger partial charge >= 0.3 is 0 Å². The number of halogens is 1. The number of nitriles is 1. The van der Waals surface area contributed by atoms with Crippen molar-refractivity contribution in [2.75, 3.05) is 25.4 Å². The lowest BCUT2D eigenvalue weighted by Gasteiger charge is -2.08. The van der Waals surface area contributed by atoms with Gasteiger partial charge in [-0.2, -0.15) is 10.4 Å². The average molecular weight is 481 g/mol. The Labute approximate surface area is 178 Å². The first-order chi connectivity index (χ1) is 12.6. The average Bonchev–Trinajstić information content (AvgIpc) is 2.95. The van der Waals surface area contributed by atoms with Crippen molar-refractivity contribution in [2.45, 2.75) is 33.6 Å². The van der Waals surface area contributed by atoms with Gasteiger partial charge in [-0.05, 0) is 45.7 Å². The molecule has 0 radical (unpaired) electrons. The molecule has 0 aliphatic carbocycles. The fourth-order valence-corrected chi connectivity index (χ4v) is 2.60. The molecule has 0 saturated carbocycles. The second-order valence-electron chi connectivity index (χ2n) is 5.96. The van der Waals surface area contributed by atoms with Crippen LogP contribution in [-0.2, 0) is 6.42 Å². The Morgan fingerprint density at radius 2 is 1.85 bits per heavy atom. The molecular weight excluding hydrogens is 453 g/mol. The number of aryl methyl sites for hydroxylation is 2. The Hall–Kier alpha value is -2.28. The van der Waals surface area contributed by atoms with Crippen molar-refractivity contribution in [3.05, 3.63) is 41.1 Å². The predicted molar refractivity (Wildman–Crippen MR) is 121 cm³/mol. The molecule has 0 bridgehead atoms. The highest BCUT2D eigenvalue weighted by molar-refractivity contribution is 14.0. The minimum Gasteiger partial charge on any atom is -0.382 e. The first-order valence-electron chi connectivity index (χ1n) is 8.97. The standard InChI is InChI=1S/C19H27N7.HI/c1-4-22-19(23-5-2)24-12-6-7-17-16(13-20)18(21)26(25-17)15-10-8-14(3)9-11-15;/h8-11H,4-7,12,21H2,1-3H3,(H2,22,23,24);1H. The van der Waals surface area contributed by atoms with Crippen molar-refractivity contribution in [3.63, 3.8) is 0 Å². The van der Waals surface area contributed by atoms with Crippen molar-refractivity contribution >= 4 is 35.8 Å². The summed E-state index contributed by atoms with van der Waals surface area (Å²) in [6, 6.07) is 10.1. The van der Waals surface area contributed by atoms with Gasteiger partial charge < -0.3 is 16.4 Å². The Morgan fingerprint density at radius 3 is 2.41 bits per heavy atom. The first kappa shape index (κ1) is 22.8. The number of aromatic nitrogens is 2. The van der Waals surface area contributed by atoms with Gasteiger partial charge in [0.2, 0.25) is 0 Å².